The molecule has 1 aromatic carbocycles. The van der Waals surface area contributed by atoms with Gasteiger partial charge in [0, 0.05) is 10.9 Å². The first-order valence-corrected chi connectivity index (χ1v) is 7.48. The minimum Gasteiger partial charge on any atom is -0.383 e. The van der Waals surface area contributed by atoms with Gasteiger partial charge in [-0.3, -0.25) is 0 Å². The van der Waals surface area contributed by atoms with Gasteiger partial charge in [0.1, 0.15) is 22.3 Å². The van der Waals surface area contributed by atoms with Crippen LogP contribution >= 0.6 is 11.3 Å². The van der Waals surface area contributed by atoms with Crippen LogP contribution in [0.2, 0.25) is 0 Å². The fourth-order valence-corrected chi connectivity index (χ4v) is 4.08. The van der Waals surface area contributed by atoms with E-state index in [2.05, 4.69) is 9.97 Å². The number of benzene rings is 1. The Morgan fingerprint density at radius 1 is 1.14 bits per heavy atom. The van der Waals surface area contributed by atoms with Crippen molar-refractivity contribution in [3.63, 3.8) is 0 Å². The third kappa shape index (κ3) is 1.90. The molecule has 0 amide bonds. The molecule has 21 heavy (non-hydrogen) atoms. The van der Waals surface area contributed by atoms with Crippen molar-refractivity contribution in [3.05, 3.63) is 40.3 Å². The number of aromatic nitrogens is 2. The Kier molecular flexibility index (Phi) is 2.68. The number of hydrogen-bond acceptors (Lipinski definition) is 4. The van der Waals surface area contributed by atoms with Crippen molar-refractivity contribution in [2.75, 3.05) is 5.73 Å². The summed E-state index contributed by atoms with van der Waals surface area (Å²) in [7, 11) is 0. The van der Waals surface area contributed by atoms with Crippen LogP contribution in [-0.2, 0) is 12.8 Å². The number of thiophene rings is 1. The predicted molar refractivity (Wildman–Crippen MR) is 79.2 cm³/mol. The summed E-state index contributed by atoms with van der Waals surface area (Å²) < 4.78 is 26.9. The summed E-state index contributed by atoms with van der Waals surface area (Å²) in [6, 6.07) is 3.36. The van der Waals surface area contributed by atoms with E-state index in [0.717, 1.165) is 35.5 Å². The molecule has 0 bridgehead atoms. The third-order valence-electron chi connectivity index (χ3n) is 3.76. The van der Waals surface area contributed by atoms with Crippen molar-refractivity contribution in [2.45, 2.75) is 19.3 Å². The van der Waals surface area contributed by atoms with E-state index in [1.165, 1.54) is 22.6 Å². The molecular formula is C15H11F2N3S. The molecule has 106 valence electrons. The SMILES string of the molecule is Nc1nc(-c2ccc(F)cc2F)nc2sc3c(c12)CCC3. The van der Waals surface area contributed by atoms with E-state index in [1.54, 1.807) is 11.3 Å². The van der Waals surface area contributed by atoms with Gasteiger partial charge < -0.3 is 5.73 Å². The molecule has 4 rings (SSSR count). The normalized spacial score (nSPS) is 13.8. The number of aryl methyl sites for hydroxylation is 2. The van der Waals surface area contributed by atoms with E-state index in [1.807, 2.05) is 0 Å². The van der Waals surface area contributed by atoms with Crippen LogP contribution in [0, 0.1) is 11.6 Å². The van der Waals surface area contributed by atoms with Crippen molar-refractivity contribution in [2.24, 2.45) is 0 Å². The Morgan fingerprint density at radius 3 is 2.81 bits per heavy atom. The number of nitrogen functional groups attached to an aromatic ring is 1. The summed E-state index contributed by atoms with van der Waals surface area (Å²) in [5.41, 5.74) is 7.45. The highest BCUT2D eigenvalue weighted by atomic mass is 32.1. The molecule has 6 heteroatoms. The Hall–Kier alpha value is -2.08. The number of halogens is 2. The number of rotatable bonds is 1. The van der Waals surface area contributed by atoms with E-state index in [-0.39, 0.29) is 11.4 Å². The summed E-state index contributed by atoms with van der Waals surface area (Å²) in [5, 5.41) is 0.902. The van der Waals surface area contributed by atoms with Crippen molar-refractivity contribution < 1.29 is 8.78 Å². The zero-order chi connectivity index (χ0) is 14.6. The molecule has 2 aromatic heterocycles. The van der Waals surface area contributed by atoms with Crippen molar-refractivity contribution in [1.82, 2.24) is 9.97 Å². The van der Waals surface area contributed by atoms with Crippen LogP contribution in [0.1, 0.15) is 16.9 Å². The largest absolute Gasteiger partial charge is 0.383 e. The van der Waals surface area contributed by atoms with Crippen LogP contribution in [0.4, 0.5) is 14.6 Å². The van der Waals surface area contributed by atoms with Crippen LogP contribution in [0.3, 0.4) is 0 Å². The third-order valence-corrected chi connectivity index (χ3v) is 4.95. The predicted octanol–water partition coefficient (Wildman–Crippen LogP) is 3.71. The summed E-state index contributed by atoms with van der Waals surface area (Å²) in [4.78, 5) is 10.7. The monoisotopic (exact) mass is 303 g/mol. The Labute approximate surface area is 123 Å². The molecule has 2 heterocycles. The molecule has 0 radical (unpaired) electrons. The standard InChI is InChI=1S/C15H11F2N3S/c16-7-4-5-8(10(17)6-7)14-19-13(18)12-9-2-1-3-11(9)21-15(12)20-14/h4-6H,1-3H2,(H2,18,19,20). The smallest absolute Gasteiger partial charge is 0.166 e. The van der Waals surface area contributed by atoms with Gasteiger partial charge in [-0.2, -0.15) is 0 Å². The first-order valence-electron chi connectivity index (χ1n) is 6.66. The van der Waals surface area contributed by atoms with Gasteiger partial charge in [-0.15, -0.1) is 11.3 Å². The number of nitrogens with two attached hydrogens (primary N) is 1. The first kappa shape index (κ1) is 12.6. The minimum atomic E-state index is -0.683. The average Bonchev–Trinajstić information content (AvgIpc) is 2.98. The summed E-state index contributed by atoms with van der Waals surface area (Å²) >= 11 is 1.59. The molecule has 3 nitrogen and oxygen atoms in total. The lowest BCUT2D eigenvalue weighted by atomic mass is 10.1. The molecular weight excluding hydrogens is 292 g/mol. The molecule has 1 aliphatic rings. The molecule has 0 unspecified atom stereocenters. The lowest BCUT2D eigenvalue weighted by molar-refractivity contribution is 0.585. The summed E-state index contributed by atoms with van der Waals surface area (Å²) in [5.74, 6) is -0.728. The second kappa shape index (κ2) is 4.46. The van der Waals surface area contributed by atoms with Crippen LogP contribution in [-0.4, -0.2) is 9.97 Å². The van der Waals surface area contributed by atoms with Crippen LogP contribution < -0.4 is 5.73 Å². The lowest BCUT2D eigenvalue weighted by Gasteiger charge is -2.05. The topological polar surface area (TPSA) is 51.8 Å². The molecule has 0 spiro atoms. The Balaban J connectivity index is 1.95. The molecule has 2 N–H and O–H groups in total. The molecule has 0 atom stereocenters. The number of anilines is 1. The molecule has 3 aromatic rings. The zero-order valence-corrected chi connectivity index (χ0v) is 11.8. The highest BCUT2D eigenvalue weighted by molar-refractivity contribution is 7.19. The van der Waals surface area contributed by atoms with Gasteiger partial charge in [0.05, 0.1) is 10.9 Å². The number of hydrogen-bond donors (Lipinski definition) is 1. The highest BCUT2D eigenvalue weighted by Crippen LogP contribution is 2.39. The maximum Gasteiger partial charge on any atom is 0.166 e. The van der Waals surface area contributed by atoms with E-state index in [4.69, 9.17) is 5.73 Å². The van der Waals surface area contributed by atoms with Crippen molar-refractivity contribution in [3.8, 4) is 11.4 Å². The second-order valence-electron chi connectivity index (χ2n) is 5.09. The molecule has 0 fully saturated rings. The van der Waals surface area contributed by atoms with Crippen LogP contribution in [0.15, 0.2) is 18.2 Å². The van der Waals surface area contributed by atoms with Gasteiger partial charge >= 0.3 is 0 Å². The zero-order valence-electron chi connectivity index (χ0n) is 11.0. The van der Waals surface area contributed by atoms with Crippen LogP contribution in [0.5, 0.6) is 0 Å². The molecule has 0 saturated heterocycles. The molecule has 1 aliphatic carbocycles. The van der Waals surface area contributed by atoms with E-state index >= 15 is 0 Å². The van der Waals surface area contributed by atoms with E-state index < -0.39 is 11.6 Å². The van der Waals surface area contributed by atoms with Crippen molar-refractivity contribution in [1.29, 1.82) is 0 Å². The van der Waals surface area contributed by atoms with E-state index in [0.29, 0.717) is 5.82 Å². The lowest BCUT2D eigenvalue weighted by Crippen LogP contribution is -1.99. The van der Waals surface area contributed by atoms with Gasteiger partial charge in [-0.25, -0.2) is 18.7 Å². The van der Waals surface area contributed by atoms with Gasteiger partial charge in [-0.1, -0.05) is 0 Å². The van der Waals surface area contributed by atoms with Crippen molar-refractivity contribution >= 4 is 27.4 Å². The van der Waals surface area contributed by atoms with Gasteiger partial charge in [0.2, 0.25) is 0 Å². The minimum absolute atomic E-state index is 0.165. The first-order chi connectivity index (χ1) is 10.1. The number of nitrogens with zero attached hydrogens (tertiary/aromatic N) is 2. The van der Waals surface area contributed by atoms with Gasteiger partial charge in [-0.05, 0) is 37.0 Å². The fourth-order valence-electron chi connectivity index (χ4n) is 2.82. The van der Waals surface area contributed by atoms with Gasteiger partial charge in [0.25, 0.3) is 0 Å². The molecule has 0 saturated carbocycles. The number of fused-ring (bicyclic) bond motifs is 3. The Morgan fingerprint density at radius 2 is 2.00 bits per heavy atom. The quantitative estimate of drug-likeness (QED) is 0.745. The fraction of sp³-hybridized carbons (Fsp3) is 0.200. The summed E-state index contributed by atoms with van der Waals surface area (Å²) in [6.45, 7) is 0. The maximum atomic E-state index is 13.9. The maximum absolute atomic E-state index is 13.9. The molecule has 0 aliphatic heterocycles. The van der Waals surface area contributed by atoms with Gasteiger partial charge in [0.15, 0.2) is 5.82 Å². The Bertz CT molecular complexity index is 873. The van der Waals surface area contributed by atoms with E-state index in [9.17, 15) is 8.78 Å². The average molecular weight is 303 g/mol. The second-order valence-corrected chi connectivity index (χ2v) is 6.18. The highest BCUT2D eigenvalue weighted by Gasteiger charge is 2.22. The van der Waals surface area contributed by atoms with Crippen LogP contribution in [0.25, 0.3) is 21.6 Å². The summed E-state index contributed by atoms with van der Waals surface area (Å²) in [6.07, 6.45) is 3.16.